The van der Waals surface area contributed by atoms with Crippen LogP contribution < -0.4 is 20.9 Å². The molecule has 0 bridgehead atoms. The second kappa shape index (κ2) is 7.64. The number of rotatable bonds is 8. The standard InChI is InChI=1S/C16H24N2O2S/c1-11-12(2)21-16-10-15(20-8-4-6-18)14(9-13(11)16)19-7-3-5-17/h9-10H,3-8,17-18H2,1-2H3/p+2. The van der Waals surface area contributed by atoms with Crippen LogP contribution in [0.1, 0.15) is 23.3 Å². The third-order valence-electron chi connectivity index (χ3n) is 3.54. The lowest BCUT2D eigenvalue weighted by atomic mass is 10.1. The molecule has 0 amide bonds. The minimum atomic E-state index is 0.683. The van der Waals surface area contributed by atoms with Gasteiger partial charge in [-0.2, -0.15) is 0 Å². The van der Waals surface area contributed by atoms with Gasteiger partial charge < -0.3 is 20.9 Å². The lowest BCUT2D eigenvalue weighted by Gasteiger charge is -2.12. The summed E-state index contributed by atoms with van der Waals surface area (Å²) in [5.41, 5.74) is 9.03. The van der Waals surface area contributed by atoms with Gasteiger partial charge in [0.05, 0.1) is 26.3 Å². The lowest BCUT2D eigenvalue weighted by Crippen LogP contribution is -2.50. The fraction of sp³-hybridized carbons (Fsp3) is 0.500. The Bertz CT molecular complexity index is 595. The molecule has 0 spiro atoms. The second-order valence-corrected chi connectivity index (χ2v) is 6.45. The monoisotopic (exact) mass is 310 g/mol. The van der Waals surface area contributed by atoms with E-state index in [4.69, 9.17) is 9.47 Å². The van der Waals surface area contributed by atoms with Crippen molar-refractivity contribution in [3.63, 3.8) is 0 Å². The van der Waals surface area contributed by atoms with E-state index in [1.807, 2.05) is 11.3 Å². The van der Waals surface area contributed by atoms with Crippen LogP contribution in [-0.2, 0) is 0 Å². The van der Waals surface area contributed by atoms with Gasteiger partial charge in [-0.15, -0.1) is 11.3 Å². The zero-order valence-electron chi connectivity index (χ0n) is 13.0. The normalized spacial score (nSPS) is 11.0. The van der Waals surface area contributed by atoms with E-state index in [1.54, 1.807) is 0 Å². The van der Waals surface area contributed by atoms with E-state index < -0.39 is 0 Å². The maximum atomic E-state index is 5.90. The van der Waals surface area contributed by atoms with Crippen LogP contribution in [0, 0.1) is 13.8 Å². The minimum absolute atomic E-state index is 0.683. The van der Waals surface area contributed by atoms with Crippen molar-refractivity contribution in [1.29, 1.82) is 0 Å². The predicted octanol–water partition coefficient (Wildman–Crippen LogP) is 1.54. The summed E-state index contributed by atoms with van der Waals surface area (Å²) in [4.78, 5) is 1.35. The number of hydrogen-bond acceptors (Lipinski definition) is 3. The summed E-state index contributed by atoms with van der Waals surface area (Å²) in [6.07, 6.45) is 1.91. The van der Waals surface area contributed by atoms with Crippen molar-refractivity contribution in [2.75, 3.05) is 26.3 Å². The Hall–Kier alpha value is -1.30. The number of aryl methyl sites for hydroxylation is 2. The molecule has 2 rings (SSSR count). The molecule has 21 heavy (non-hydrogen) atoms. The van der Waals surface area contributed by atoms with Gasteiger partial charge in [-0.25, -0.2) is 0 Å². The van der Waals surface area contributed by atoms with Gasteiger partial charge in [-0.05, 0) is 30.9 Å². The summed E-state index contributed by atoms with van der Waals surface area (Å²) >= 11 is 1.81. The molecular formula is C16H26N2O2S+2. The highest BCUT2D eigenvalue weighted by Crippen LogP contribution is 2.39. The molecule has 0 radical (unpaired) electrons. The Morgan fingerprint density at radius 2 is 1.52 bits per heavy atom. The van der Waals surface area contributed by atoms with Gasteiger partial charge in [-0.1, -0.05) is 0 Å². The predicted molar refractivity (Wildman–Crippen MR) is 87.0 cm³/mol. The first-order chi connectivity index (χ1) is 10.2. The number of benzene rings is 1. The average molecular weight is 310 g/mol. The number of ether oxygens (including phenoxy) is 2. The first-order valence-electron chi connectivity index (χ1n) is 7.55. The number of fused-ring (bicyclic) bond motifs is 1. The van der Waals surface area contributed by atoms with Crippen LogP contribution in [0.25, 0.3) is 10.1 Å². The molecule has 0 aliphatic rings. The van der Waals surface area contributed by atoms with Gasteiger partial charge in [-0.3, -0.25) is 0 Å². The van der Waals surface area contributed by atoms with Crippen molar-refractivity contribution in [3.8, 4) is 11.5 Å². The molecule has 0 fully saturated rings. The topological polar surface area (TPSA) is 73.7 Å². The van der Waals surface area contributed by atoms with Gasteiger partial charge in [0, 0.05) is 28.5 Å². The van der Waals surface area contributed by atoms with E-state index >= 15 is 0 Å². The third kappa shape index (κ3) is 3.87. The van der Waals surface area contributed by atoms with Gasteiger partial charge in [0.1, 0.15) is 0 Å². The summed E-state index contributed by atoms with van der Waals surface area (Å²) in [6, 6.07) is 4.24. The summed E-state index contributed by atoms with van der Waals surface area (Å²) < 4.78 is 13.1. The molecule has 5 heteroatoms. The van der Waals surface area contributed by atoms with E-state index in [0.29, 0.717) is 13.2 Å². The SMILES string of the molecule is Cc1sc2cc(OCCC[NH3+])c(OCCC[NH3+])cc2c1C. The molecule has 6 N–H and O–H groups in total. The van der Waals surface area contributed by atoms with Gasteiger partial charge >= 0.3 is 0 Å². The highest BCUT2D eigenvalue weighted by atomic mass is 32.1. The summed E-state index contributed by atoms with van der Waals surface area (Å²) in [5.74, 6) is 1.70. The van der Waals surface area contributed by atoms with Crippen LogP contribution in [0.4, 0.5) is 0 Å². The van der Waals surface area contributed by atoms with Gasteiger partial charge in [0.25, 0.3) is 0 Å². The quantitative estimate of drug-likeness (QED) is 0.726. The maximum Gasteiger partial charge on any atom is 0.162 e. The zero-order valence-corrected chi connectivity index (χ0v) is 13.9. The molecular weight excluding hydrogens is 284 g/mol. The Morgan fingerprint density at radius 1 is 0.952 bits per heavy atom. The van der Waals surface area contributed by atoms with Crippen LogP contribution in [0.15, 0.2) is 12.1 Å². The molecule has 2 aromatic rings. The molecule has 0 saturated carbocycles. The summed E-state index contributed by atoms with van der Waals surface area (Å²) in [5, 5.41) is 1.27. The van der Waals surface area contributed by atoms with E-state index in [-0.39, 0.29) is 0 Å². The Kier molecular flexibility index (Phi) is 5.85. The molecule has 0 aliphatic carbocycles. The molecule has 116 valence electrons. The van der Waals surface area contributed by atoms with E-state index in [2.05, 4.69) is 37.4 Å². The average Bonchev–Trinajstić information content (AvgIpc) is 2.74. The second-order valence-electron chi connectivity index (χ2n) is 5.19. The Morgan fingerprint density at radius 3 is 2.10 bits per heavy atom. The van der Waals surface area contributed by atoms with Crippen molar-refractivity contribution < 1.29 is 20.9 Å². The summed E-state index contributed by atoms with van der Waals surface area (Å²) in [6.45, 7) is 7.46. The first kappa shape index (κ1) is 16.1. The van der Waals surface area contributed by atoms with E-state index in [1.165, 1.54) is 20.5 Å². The fourth-order valence-corrected chi connectivity index (χ4v) is 3.22. The number of thiophene rings is 1. The van der Waals surface area contributed by atoms with Crippen LogP contribution in [0.5, 0.6) is 11.5 Å². The van der Waals surface area contributed by atoms with Crippen molar-refractivity contribution in [1.82, 2.24) is 0 Å². The lowest BCUT2D eigenvalue weighted by molar-refractivity contribution is -0.369. The summed E-state index contributed by atoms with van der Waals surface area (Å²) in [7, 11) is 0. The highest BCUT2D eigenvalue weighted by Gasteiger charge is 2.12. The molecule has 0 saturated heterocycles. The molecule has 0 aliphatic heterocycles. The van der Waals surface area contributed by atoms with Crippen molar-refractivity contribution in [2.24, 2.45) is 0 Å². The zero-order chi connectivity index (χ0) is 15.2. The number of quaternary nitrogens is 2. The van der Waals surface area contributed by atoms with Crippen molar-refractivity contribution >= 4 is 21.4 Å². The Labute approximate surface area is 130 Å². The van der Waals surface area contributed by atoms with Crippen LogP contribution in [0.2, 0.25) is 0 Å². The molecule has 1 heterocycles. The van der Waals surface area contributed by atoms with Crippen molar-refractivity contribution in [2.45, 2.75) is 26.7 Å². The van der Waals surface area contributed by atoms with Crippen molar-refractivity contribution in [3.05, 3.63) is 22.6 Å². The van der Waals surface area contributed by atoms with E-state index in [0.717, 1.165) is 37.4 Å². The van der Waals surface area contributed by atoms with Crippen LogP contribution in [0.3, 0.4) is 0 Å². The van der Waals surface area contributed by atoms with E-state index in [9.17, 15) is 0 Å². The smallest absolute Gasteiger partial charge is 0.162 e. The third-order valence-corrected chi connectivity index (χ3v) is 4.71. The number of hydrogen-bond donors (Lipinski definition) is 2. The highest BCUT2D eigenvalue weighted by molar-refractivity contribution is 7.19. The van der Waals surface area contributed by atoms with Gasteiger partial charge in [0.2, 0.25) is 0 Å². The van der Waals surface area contributed by atoms with Crippen LogP contribution in [-0.4, -0.2) is 26.3 Å². The molecule has 4 nitrogen and oxygen atoms in total. The maximum absolute atomic E-state index is 5.90. The first-order valence-corrected chi connectivity index (χ1v) is 8.37. The molecule has 0 atom stereocenters. The van der Waals surface area contributed by atoms with Crippen LogP contribution >= 0.6 is 11.3 Å². The largest absolute Gasteiger partial charge is 0.489 e. The Balaban J connectivity index is 2.29. The molecule has 1 aromatic carbocycles. The molecule has 0 unspecified atom stereocenters. The fourth-order valence-electron chi connectivity index (χ4n) is 2.14. The van der Waals surface area contributed by atoms with Gasteiger partial charge in [0.15, 0.2) is 11.5 Å². The molecule has 1 aromatic heterocycles. The minimum Gasteiger partial charge on any atom is -0.489 e.